The number of benzene rings is 5. The van der Waals surface area contributed by atoms with Crippen LogP contribution in [0.1, 0.15) is 23.1 Å². The number of aromatic nitrogens is 2. The number of rotatable bonds is 3. The van der Waals surface area contributed by atoms with Crippen LogP contribution >= 0.6 is 0 Å². The van der Waals surface area contributed by atoms with Crippen molar-refractivity contribution in [2.24, 2.45) is 0 Å². The Morgan fingerprint density at radius 2 is 1.43 bits per heavy atom. The third-order valence-electron chi connectivity index (χ3n) is 8.94. The molecule has 2 aliphatic carbocycles. The van der Waals surface area contributed by atoms with Crippen LogP contribution in [-0.2, 0) is 6.42 Å². The minimum atomic E-state index is 0.943. The summed E-state index contributed by atoms with van der Waals surface area (Å²) < 4.78 is 0. The maximum atomic E-state index is 5.07. The van der Waals surface area contributed by atoms with E-state index < -0.39 is 0 Å². The smallest absolute Gasteiger partial charge is 0.0972 e. The molecule has 7 aromatic rings. The summed E-state index contributed by atoms with van der Waals surface area (Å²) in [7, 11) is 0. The summed E-state index contributed by atoms with van der Waals surface area (Å²) in [5.41, 5.74) is 14.6. The van der Waals surface area contributed by atoms with Gasteiger partial charge < -0.3 is 0 Å². The molecule has 0 spiro atoms. The Labute approximate surface area is 244 Å². The van der Waals surface area contributed by atoms with E-state index in [1.165, 1.54) is 55.3 Å². The van der Waals surface area contributed by atoms with Crippen molar-refractivity contribution in [3.8, 4) is 33.5 Å². The van der Waals surface area contributed by atoms with Crippen molar-refractivity contribution < 1.29 is 0 Å². The Bertz CT molecular complexity index is 2290. The number of nitrogens with zero attached hydrogens (tertiary/aromatic N) is 2. The van der Waals surface area contributed by atoms with Crippen molar-refractivity contribution in [1.29, 1.82) is 0 Å². The monoisotopic (exact) mass is 534 g/mol. The minimum Gasteiger partial charge on any atom is -0.254 e. The predicted octanol–water partition coefficient (Wildman–Crippen LogP) is 10.3. The highest BCUT2D eigenvalue weighted by Crippen LogP contribution is 2.43. The van der Waals surface area contributed by atoms with Gasteiger partial charge in [0.05, 0.1) is 16.7 Å². The average Bonchev–Trinajstić information content (AvgIpc) is 3.07. The van der Waals surface area contributed by atoms with Gasteiger partial charge >= 0.3 is 0 Å². The van der Waals surface area contributed by atoms with E-state index >= 15 is 0 Å². The molecule has 0 radical (unpaired) electrons. The molecule has 0 atom stereocenters. The molecule has 42 heavy (non-hydrogen) atoms. The van der Waals surface area contributed by atoms with Gasteiger partial charge in [-0.25, -0.2) is 4.98 Å². The zero-order chi connectivity index (χ0) is 27.6. The Morgan fingerprint density at radius 3 is 2.36 bits per heavy atom. The zero-order valence-corrected chi connectivity index (χ0v) is 23.0. The molecule has 0 saturated carbocycles. The molecular weight excluding hydrogens is 508 g/mol. The molecule has 2 heteroatoms. The van der Waals surface area contributed by atoms with Crippen LogP contribution in [0.15, 0.2) is 128 Å². The lowest BCUT2D eigenvalue weighted by molar-refractivity contribution is 1.23. The van der Waals surface area contributed by atoms with E-state index in [1.54, 1.807) is 0 Å². The molecule has 0 saturated heterocycles. The van der Waals surface area contributed by atoms with Gasteiger partial charge in [0.1, 0.15) is 0 Å². The third kappa shape index (κ3) is 3.59. The summed E-state index contributed by atoms with van der Waals surface area (Å²) in [5.74, 6) is 0. The number of fused-ring (bicyclic) bond motifs is 3. The summed E-state index contributed by atoms with van der Waals surface area (Å²) in [6, 6.07) is 39.5. The molecule has 0 bridgehead atoms. The first-order valence-corrected chi connectivity index (χ1v) is 14.6. The van der Waals surface area contributed by atoms with E-state index in [0.29, 0.717) is 0 Å². The Morgan fingerprint density at radius 1 is 0.595 bits per heavy atom. The Kier molecular flexibility index (Phi) is 5.06. The molecule has 0 aliphatic heterocycles. The van der Waals surface area contributed by atoms with Crippen LogP contribution in [-0.4, -0.2) is 9.97 Å². The Hall–Kier alpha value is -5.34. The molecule has 0 amide bonds. The molecule has 0 fully saturated rings. The van der Waals surface area contributed by atoms with Gasteiger partial charge in [-0.2, -0.15) is 0 Å². The van der Waals surface area contributed by atoms with Crippen LogP contribution in [0.3, 0.4) is 0 Å². The lowest BCUT2D eigenvalue weighted by Crippen LogP contribution is -2.03. The van der Waals surface area contributed by atoms with Gasteiger partial charge in [0.25, 0.3) is 0 Å². The maximum absolute atomic E-state index is 5.07. The van der Waals surface area contributed by atoms with E-state index in [9.17, 15) is 0 Å². The number of pyridine rings is 2. The first-order valence-electron chi connectivity index (χ1n) is 14.6. The van der Waals surface area contributed by atoms with Crippen LogP contribution in [0, 0.1) is 0 Å². The molecule has 2 aromatic heterocycles. The SMILES string of the molecule is C1=Cc2ccc3c(-c4ccc(-c5cccc(-c6ccc7ccc8cccnc8c7n6)c5)cc4)ccc4c3c2C(=CC4)C1. The van der Waals surface area contributed by atoms with E-state index in [1.807, 2.05) is 12.3 Å². The highest BCUT2D eigenvalue weighted by molar-refractivity contribution is 6.08. The topological polar surface area (TPSA) is 25.8 Å². The second kappa shape index (κ2) is 9.09. The lowest BCUT2D eigenvalue weighted by Gasteiger charge is -2.24. The zero-order valence-electron chi connectivity index (χ0n) is 23.0. The fraction of sp³-hybridized carbons (Fsp3) is 0.0500. The summed E-state index contributed by atoms with van der Waals surface area (Å²) in [6.45, 7) is 0. The van der Waals surface area contributed by atoms with Gasteiger partial charge in [-0.05, 0) is 86.3 Å². The fourth-order valence-electron chi connectivity index (χ4n) is 6.86. The van der Waals surface area contributed by atoms with Crippen molar-refractivity contribution in [3.63, 3.8) is 0 Å². The standard InChI is InChI=1S/C40H26N2/c1-4-27-13-14-29-17-20-34(35-21-18-28(5-1)37(27)38(29)35)26-11-9-25(10-12-26)32-6-2-7-33(24-32)36-22-19-31-16-15-30-8-3-23-41-39(30)40(31)42-36/h1-3,5-13,15-24H,4,14H2. The number of allylic oxidation sites excluding steroid dienone is 3. The third-order valence-corrected chi connectivity index (χ3v) is 8.94. The average molecular weight is 535 g/mol. The van der Waals surface area contributed by atoms with Crippen LogP contribution in [0.2, 0.25) is 0 Å². The number of hydrogen-bond acceptors (Lipinski definition) is 2. The molecule has 0 unspecified atom stereocenters. The fourth-order valence-corrected chi connectivity index (χ4v) is 6.86. The second-order valence-electron chi connectivity index (χ2n) is 11.3. The van der Waals surface area contributed by atoms with Crippen molar-refractivity contribution >= 4 is 44.2 Å². The van der Waals surface area contributed by atoms with Crippen LogP contribution in [0.25, 0.3) is 77.7 Å². The van der Waals surface area contributed by atoms with E-state index in [4.69, 9.17) is 4.98 Å². The van der Waals surface area contributed by atoms with Gasteiger partial charge in [-0.1, -0.05) is 109 Å². The van der Waals surface area contributed by atoms with Crippen molar-refractivity contribution in [2.45, 2.75) is 12.8 Å². The molecule has 2 aliphatic rings. The summed E-state index contributed by atoms with van der Waals surface area (Å²) in [5, 5.41) is 5.00. The highest BCUT2D eigenvalue weighted by atomic mass is 14.7. The summed E-state index contributed by atoms with van der Waals surface area (Å²) in [4.78, 5) is 9.69. The first kappa shape index (κ1) is 23.4. The van der Waals surface area contributed by atoms with E-state index in [2.05, 4.69) is 126 Å². The molecule has 9 rings (SSSR count). The molecular formula is C40H26N2. The van der Waals surface area contributed by atoms with Crippen molar-refractivity contribution in [1.82, 2.24) is 9.97 Å². The molecule has 2 nitrogen and oxygen atoms in total. The van der Waals surface area contributed by atoms with Gasteiger partial charge in [0.15, 0.2) is 0 Å². The van der Waals surface area contributed by atoms with Crippen LogP contribution < -0.4 is 0 Å². The molecule has 0 N–H and O–H groups in total. The lowest BCUT2D eigenvalue weighted by atomic mass is 9.80. The molecule has 196 valence electrons. The van der Waals surface area contributed by atoms with Gasteiger partial charge in [-0.3, -0.25) is 4.98 Å². The van der Waals surface area contributed by atoms with Crippen LogP contribution in [0.4, 0.5) is 0 Å². The normalized spacial score (nSPS) is 13.6. The quantitative estimate of drug-likeness (QED) is 0.211. The predicted molar refractivity (Wildman–Crippen MR) is 176 cm³/mol. The number of hydrogen-bond donors (Lipinski definition) is 0. The molecule has 5 aromatic carbocycles. The summed E-state index contributed by atoms with van der Waals surface area (Å²) in [6.07, 6.45) is 10.9. The second-order valence-corrected chi connectivity index (χ2v) is 11.3. The largest absolute Gasteiger partial charge is 0.254 e. The van der Waals surface area contributed by atoms with Crippen LogP contribution in [0.5, 0.6) is 0 Å². The van der Waals surface area contributed by atoms with E-state index in [-0.39, 0.29) is 0 Å². The van der Waals surface area contributed by atoms with Gasteiger partial charge in [0, 0.05) is 22.5 Å². The minimum absolute atomic E-state index is 0.943. The van der Waals surface area contributed by atoms with Gasteiger partial charge in [-0.15, -0.1) is 0 Å². The summed E-state index contributed by atoms with van der Waals surface area (Å²) >= 11 is 0. The van der Waals surface area contributed by atoms with Gasteiger partial charge in [0.2, 0.25) is 0 Å². The van der Waals surface area contributed by atoms with Crippen molar-refractivity contribution in [3.05, 3.63) is 144 Å². The van der Waals surface area contributed by atoms with Crippen molar-refractivity contribution in [2.75, 3.05) is 0 Å². The Balaban J connectivity index is 1.10. The first-order chi connectivity index (χ1) is 20.8. The molecule has 2 heterocycles. The highest BCUT2D eigenvalue weighted by Gasteiger charge is 2.21. The maximum Gasteiger partial charge on any atom is 0.0972 e. The van der Waals surface area contributed by atoms with E-state index in [0.717, 1.165) is 45.9 Å².